The van der Waals surface area contributed by atoms with E-state index < -0.39 is 17.7 Å². The molecule has 0 atom stereocenters. The summed E-state index contributed by atoms with van der Waals surface area (Å²) in [7, 11) is 0. The monoisotopic (exact) mass is 310 g/mol. The molecular formula is C11H10BrF3O2. The number of benzene rings is 1. The van der Waals surface area contributed by atoms with Gasteiger partial charge in [0.1, 0.15) is 0 Å². The smallest absolute Gasteiger partial charge is 0.416 e. The third-order valence-corrected chi connectivity index (χ3v) is 2.60. The molecule has 94 valence electrons. The lowest BCUT2D eigenvalue weighted by atomic mass is 10.1. The first-order valence-corrected chi connectivity index (χ1v) is 5.67. The molecule has 17 heavy (non-hydrogen) atoms. The number of hydrogen-bond donors (Lipinski definition) is 1. The Morgan fingerprint density at radius 1 is 1.29 bits per heavy atom. The summed E-state index contributed by atoms with van der Waals surface area (Å²) in [6, 6.07) is 3.62. The first-order valence-electron chi connectivity index (χ1n) is 4.87. The van der Waals surface area contributed by atoms with Gasteiger partial charge < -0.3 is 5.11 Å². The van der Waals surface area contributed by atoms with Gasteiger partial charge in [-0.2, -0.15) is 13.2 Å². The van der Waals surface area contributed by atoms with E-state index in [1.165, 1.54) is 0 Å². The number of aryl methyl sites for hydroxylation is 1. The predicted octanol–water partition coefficient (Wildman–Crippen LogP) is 3.88. The van der Waals surface area contributed by atoms with E-state index in [1.54, 1.807) is 6.07 Å². The molecule has 0 radical (unpaired) electrons. The molecule has 0 fully saturated rings. The molecule has 1 aromatic carbocycles. The molecule has 0 saturated heterocycles. The van der Waals surface area contributed by atoms with Crippen LogP contribution in [-0.2, 0) is 17.4 Å². The molecule has 0 aliphatic heterocycles. The van der Waals surface area contributed by atoms with Crippen molar-refractivity contribution in [2.75, 3.05) is 0 Å². The zero-order chi connectivity index (χ0) is 13.1. The second-order valence-electron chi connectivity index (χ2n) is 3.59. The molecule has 0 aliphatic carbocycles. The van der Waals surface area contributed by atoms with Gasteiger partial charge in [0, 0.05) is 10.9 Å². The molecule has 1 aromatic rings. The highest BCUT2D eigenvalue weighted by molar-refractivity contribution is 9.10. The lowest BCUT2D eigenvalue weighted by Crippen LogP contribution is -2.06. The van der Waals surface area contributed by atoms with Crippen molar-refractivity contribution in [2.45, 2.75) is 25.4 Å². The van der Waals surface area contributed by atoms with Gasteiger partial charge in [0.05, 0.1) is 5.56 Å². The normalized spacial score (nSPS) is 11.5. The maximum absolute atomic E-state index is 12.5. The van der Waals surface area contributed by atoms with E-state index in [9.17, 15) is 18.0 Å². The summed E-state index contributed by atoms with van der Waals surface area (Å²) in [4.78, 5) is 10.3. The second kappa shape index (κ2) is 5.53. The van der Waals surface area contributed by atoms with E-state index in [0.717, 1.165) is 12.1 Å². The summed E-state index contributed by atoms with van der Waals surface area (Å²) in [5.74, 6) is -0.948. The maximum atomic E-state index is 12.5. The van der Waals surface area contributed by atoms with Crippen LogP contribution in [0.5, 0.6) is 0 Å². The van der Waals surface area contributed by atoms with Crippen LogP contribution in [0.25, 0.3) is 0 Å². The molecule has 1 rings (SSSR count). The van der Waals surface area contributed by atoms with Crippen molar-refractivity contribution < 1.29 is 23.1 Å². The van der Waals surface area contributed by atoms with E-state index in [-0.39, 0.29) is 6.42 Å². The zero-order valence-corrected chi connectivity index (χ0v) is 10.3. The predicted molar refractivity (Wildman–Crippen MR) is 59.7 cm³/mol. The molecule has 0 amide bonds. The van der Waals surface area contributed by atoms with Crippen LogP contribution in [0.15, 0.2) is 22.7 Å². The topological polar surface area (TPSA) is 37.3 Å². The fraction of sp³-hybridized carbons (Fsp3) is 0.364. The molecule has 2 nitrogen and oxygen atoms in total. The molecular weight excluding hydrogens is 301 g/mol. The largest absolute Gasteiger partial charge is 0.481 e. The van der Waals surface area contributed by atoms with Crippen LogP contribution in [0, 0.1) is 0 Å². The van der Waals surface area contributed by atoms with E-state index in [0.29, 0.717) is 22.9 Å². The first-order chi connectivity index (χ1) is 7.79. The highest BCUT2D eigenvalue weighted by atomic mass is 79.9. The van der Waals surface area contributed by atoms with Crippen LogP contribution in [0.4, 0.5) is 13.2 Å². The van der Waals surface area contributed by atoms with Crippen molar-refractivity contribution in [1.29, 1.82) is 0 Å². The van der Waals surface area contributed by atoms with Gasteiger partial charge in [-0.15, -0.1) is 0 Å². The Kier molecular flexibility index (Phi) is 4.56. The van der Waals surface area contributed by atoms with Crippen LogP contribution < -0.4 is 0 Å². The number of rotatable bonds is 4. The van der Waals surface area contributed by atoms with Crippen LogP contribution in [0.1, 0.15) is 24.0 Å². The highest BCUT2D eigenvalue weighted by Crippen LogP contribution is 2.32. The fourth-order valence-corrected chi connectivity index (χ4v) is 1.94. The molecule has 0 aliphatic rings. The van der Waals surface area contributed by atoms with Crippen LogP contribution in [0.2, 0.25) is 0 Å². The van der Waals surface area contributed by atoms with Gasteiger partial charge in [-0.3, -0.25) is 4.79 Å². The lowest BCUT2D eigenvalue weighted by Gasteiger charge is -2.09. The highest BCUT2D eigenvalue weighted by Gasteiger charge is 2.30. The SMILES string of the molecule is O=C(O)CCCc1cc(Br)cc(C(F)(F)F)c1. The Morgan fingerprint density at radius 3 is 2.47 bits per heavy atom. The van der Waals surface area contributed by atoms with E-state index in [2.05, 4.69) is 15.9 Å². The number of carboxylic acids is 1. The average molecular weight is 311 g/mol. The Balaban J connectivity index is 2.79. The number of carbonyl (C=O) groups is 1. The Labute approximate surface area is 105 Å². The van der Waals surface area contributed by atoms with E-state index >= 15 is 0 Å². The van der Waals surface area contributed by atoms with Crippen molar-refractivity contribution in [3.63, 3.8) is 0 Å². The first kappa shape index (κ1) is 14.0. The van der Waals surface area contributed by atoms with E-state index in [1.807, 2.05) is 0 Å². The lowest BCUT2D eigenvalue weighted by molar-refractivity contribution is -0.138. The van der Waals surface area contributed by atoms with Gasteiger partial charge in [-0.1, -0.05) is 15.9 Å². The molecule has 0 aromatic heterocycles. The molecule has 1 N–H and O–H groups in total. The summed E-state index contributed by atoms with van der Waals surface area (Å²) in [5, 5.41) is 8.44. The number of hydrogen-bond acceptors (Lipinski definition) is 1. The molecule has 0 spiro atoms. The minimum atomic E-state index is -4.38. The van der Waals surface area contributed by atoms with Gasteiger partial charge in [0.15, 0.2) is 0 Å². The number of alkyl halides is 3. The molecule has 6 heteroatoms. The number of aliphatic carboxylic acids is 1. The third-order valence-electron chi connectivity index (χ3n) is 2.14. The van der Waals surface area contributed by atoms with Crippen molar-refractivity contribution in [2.24, 2.45) is 0 Å². The van der Waals surface area contributed by atoms with Gasteiger partial charge in [0.2, 0.25) is 0 Å². The summed E-state index contributed by atoms with van der Waals surface area (Å²) in [6.07, 6.45) is -3.79. The molecule has 0 unspecified atom stereocenters. The zero-order valence-electron chi connectivity index (χ0n) is 8.72. The Morgan fingerprint density at radius 2 is 1.94 bits per heavy atom. The number of halogens is 4. The minimum absolute atomic E-state index is 0.0478. The summed E-state index contributed by atoms with van der Waals surface area (Å²) in [6.45, 7) is 0. The van der Waals surface area contributed by atoms with Crippen molar-refractivity contribution in [3.05, 3.63) is 33.8 Å². The van der Waals surface area contributed by atoms with Gasteiger partial charge in [0.25, 0.3) is 0 Å². The average Bonchev–Trinajstić information content (AvgIpc) is 2.14. The minimum Gasteiger partial charge on any atom is -0.481 e. The summed E-state index contributed by atoms with van der Waals surface area (Å²) < 4.78 is 37.8. The van der Waals surface area contributed by atoms with Gasteiger partial charge in [-0.05, 0) is 36.6 Å². The van der Waals surface area contributed by atoms with Crippen LogP contribution in [0.3, 0.4) is 0 Å². The Hall–Kier alpha value is -1.04. The van der Waals surface area contributed by atoms with Gasteiger partial charge in [-0.25, -0.2) is 0 Å². The molecule has 0 saturated carbocycles. The van der Waals surface area contributed by atoms with Crippen molar-refractivity contribution in [1.82, 2.24) is 0 Å². The fourth-order valence-electron chi connectivity index (χ4n) is 1.40. The third kappa shape index (κ3) is 4.77. The second-order valence-corrected chi connectivity index (χ2v) is 4.51. The van der Waals surface area contributed by atoms with Crippen molar-refractivity contribution in [3.8, 4) is 0 Å². The summed E-state index contributed by atoms with van der Waals surface area (Å²) >= 11 is 3.01. The van der Waals surface area contributed by atoms with Crippen LogP contribution in [-0.4, -0.2) is 11.1 Å². The number of carboxylic acid groups (broad SMARTS) is 1. The Bertz CT molecular complexity index is 416. The summed E-state index contributed by atoms with van der Waals surface area (Å²) in [5.41, 5.74) is -0.245. The van der Waals surface area contributed by atoms with Crippen molar-refractivity contribution >= 4 is 21.9 Å². The van der Waals surface area contributed by atoms with Gasteiger partial charge >= 0.3 is 12.1 Å². The molecule has 0 heterocycles. The quantitative estimate of drug-likeness (QED) is 0.916. The van der Waals surface area contributed by atoms with Crippen LogP contribution >= 0.6 is 15.9 Å². The van der Waals surface area contributed by atoms with E-state index in [4.69, 9.17) is 5.11 Å². The molecule has 0 bridgehead atoms. The standard InChI is InChI=1S/C11H10BrF3O2/c12-9-5-7(2-1-3-10(16)17)4-8(6-9)11(13,14)15/h4-6H,1-3H2,(H,16,17). The maximum Gasteiger partial charge on any atom is 0.416 e.